The molecule has 9 heteroatoms. The van der Waals surface area contributed by atoms with Crippen LogP contribution in [0, 0.1) is 0 Å². The summed E-state index contributed by atoms with van der Waals surface area (Å²) in [6.45, 7) is 1.57. The van der Waals surface area contributed by atoms with Gasteiger partial charge in [-0.25, -0.2) is 8.78 Å². The number of hydrogen-bond acceptors (Lipinski definition) is 4. The lowest BCUT2D eigenvalue weighted by atomic mass is 9.97. The highest BCUT2D eigenvalue weighted by Crippen LogP contribution is 2.43. The molecule has 196 valence electrons. The largest absolute Gasteiger partial charge is 0.492 e. The Kier molecular flexibility index (Phi) is 7.85. The Labute approximate surface area is 219 Å². The van der Waals surface area contributed by atoms with E-state index < -0.39 is 35.6 Å². The molecule has 0 aliphatic carbocycles. The van der Waals surface area contributed by atoms with Gasteiger partial charge in [-0.3, -0.25) is 14.4 Å². The normalized spacial score (nSPS) is 15.3. The van der Waals surface area contributed by atoms with E-state index >= 15 is 8.78 Å². The Morgan fingerprint density at radius 1 is 0.974 bits per heavy atom. The molecule has 0 aromatic heterocycles. The summed E-state index contributed by atoms with van der Waals surface area (Å²) in [4.78, 5) is 40.3. The van der Waals surface area contributed by atoms with Crippen molar-refractivity contribution < 1.29 is 27.9 Å². The van der Waals surface area contributed by atoms with Crippen molar-refractivity contribution in [2.45, 2.75) is 19.3 Å². The first-order valence-corrected chi connectivity index (χ1v) is 12.1. The molecule has 0 radical (unpaired) electrons. The zero-order chi connectivity index (χ0) is 27.3. The molecule has 0 atom stereocenters. The smallest absolute Gasteiger partial charge is 0.275 e. The molecule has 0 saturated carbocycles. The maximum absolute atomic E-state index is 15.3. The summed E-state index contributed by atoms with van der Waals surface area (Å²) >= 11 is 0. The van der Waals surface area contributed by atoms with Gasteiger partial charge in [0.25, 0.3) is 17.7 Å². The van der Waals surface area contributed by atoms with Crippen molar-refractivity contribution in [3.63, 3.8) is 0 Å². The fourth-order valence-electron chi connectivity index (χ4n) is 4.29. The second-order valence-corrected chi connectivity index (χ2v) is 8.54. The minimum absolute atomic E-state index is 0.0584. The Morgan fingerprint density at radius 3 is 2.37 bits per heavy atom. The van der Waals surface area contributed by atoms with E-state index in [4.69, 9.17) is 4.74 Å². The van der Waals surface area contributed by atoms with Crippen molar-refractivity contribution in [2.24, 2.45) is 0 Å². The van der Waals surface area contributed by atoms with Gasteiger partial charge in [0, 0.05) is 42.9 Å². The van der Waals surface area contributed by atoms with E-state index in [9.17, 15) is 14.4 Å². The van der Waals surface area contributed by atoms with Crippen LogP contribution in [0.15, 0.2) is 78.9 Å². The van der Waals surface area contributed by atoms with Gasteiger partial charge in [-0.1, -0.05) is 42.5 Å². The monoisotopic (exact) mass is 519 g/mol. The van der Waals surface area contributed by atoms with Gasteiger partial charge in [0.2, 0.25) is 5.91 Å². The van der Waals surface area contributed by atoms with E-state index in [2.05, 4.69) is 10.6 Å². The van der Waals surface area contributed by atoms with Crippen LogP contribution in [0.25, 0.3) is 5.57 Å². The van der Waals surface area contributed by atoms with Crippen LogP contribution >= 0.6 is 0 Å². The number of benzene rings is 3. The molecule has 3 amide bonds. The molecule has 3 aromatic rings. The number of carbonyl (C=O) groups is 3. The van der Waals surface area contributed by atoms with Crippen LogP contribution in [0.3, 0.4) is 0 Å². The third-order valence-corrected chi connectivity index (χ3v) is 6.11. The lowest BCUT2D eigenvalue weighted by molar-refractivity contribution is -0.116. The predicted molar refractivity (Wildman–Crippen MR) is 142 cm³/mol. The Morgan fingerprint density at radius 2 is 1.66 bits per heavy atom. The van der Waals surface area contributed by atoms with E-state index in [1.165, 1.54) is 30.1 Å². The summed E-state index contributed by atoms with van der Waals surface area (Å²) in [6.07, 6.45) is 0.168. The molecule has 38 heavy (non-hydrogen) atoms. The SMILES string of the molecule is CCOc1c(C(=O)Nc2ccccc2)cccc1C(=O)N1CCC(F)(F)C(=CC(=O)NC)c2ccccc21. The van der Waals surface area contributed by atoms with Gasteiger partial charge < -0.3 is 20.3 Å². The number of halogens is 2. The molecule has 1 aliphatic heterocycles. The Bertz CT molecular complexity index is 1390. The zero-order valence-corrected chi connectivity index (χ0v) is 21.0. The highest BCUT2D eigenvalue weighted by atomic mass is 19.3. The number of rotatable bonds is 6. The lowest BCUT2D eigenvalue weighted by Crippen LogP contribution is -2.34. The van der Waals surface area contributed by atoms with Crippen LogP contribution in [0.1, 0.15) is 39.6 Å². The van der Waals surface area contributed by atoms with Gasteiger partial charge in [-0.15, -0.1) is 0 Å². The molecule has 4 rings (SSSR count). The van der Waals surface area contributed by atoms with E-state index in [-0.39, 0.29) is 41.3 Å². The molecule has 0 spiro atoms. The van der Waals surface area contributed by atoms with Gasteiger partial charge in [0.15, 0.2) is 0 Å². The van der Waals surface area contributed by atoms with Gasteiger partial charge in [0.05, 0.1) is 23.4 Å². The molecule has 7 nitrogen and oxygen atoms in total. The topological polar surface area (TPSA) is 87.7 Å². The number of anilines is 2. The molecule has 2 N–H and O–H groups in total. The van der Waals surface area contributed by atoms with Crippen molar-refractivity contribution in [3.05, 3.63) is 95.6 Å². The summed E-state index contributed by atoms with van der Waals surface area (Å²) in [6, 6.07) is 19.6. The number of amides is 3. The number of hydrogen-bond donors (Lipinski definition) is 2. The highest BCUT2D eigenvalue weighted by molar-refractivity contribution is 6.14. The van der Waals surface area contributed by atoms with Crippen molar-refractivity contribution in [1.82, 2.24) is 5.32 Å². The fourth-order valence-corrected chi connectivity index (χ4v) is 4.29. The first-order valence-electron chi connectivity index (χ1n) is 12.1. The standard InChI is InChI=1S/C29H27F2N3O4/c1-3-38-26-21(27(36)33-19-10-5-4-6-11-19)13-9-14-22(26)28(37)34-17-16-29(30,31)23(18-25(35)32-2)20-12-7-8-15-24(20)34/h4-15,18H,3,16-17H2,1-2H3,(H,32,35)(H,33,36). The number of likely N-dealkylation sites (N-methyl/N-ethyl adjacent to an activating group) is 1. The molecular formula is C29H27F2N3O4. The van der Waals surface area contributed by atoms with E-state index in [1.807, 2.05) is 6.07 Å². The number of fused-ring (bicyclic) bond motifs is 1. The third-order valence-electron chi connectivity index (χ3n) is 6.11. The maximum atomic E-state index is 15.3. The lowest BCUT2D eigenvalue weighted by Gasteiger charge is -2.24. The van der Waals surface area contributed by atoms with E-state index in [0.29, 0.717) is 5.69 Å². The molecule has 1 aliphatic rings. The molecule has 0 bridgehead atoms. The van der Waals surface area contributed by atoms with Crippen molar-refractivity contribution in [2.75, 3.05) is 30.4 Å². The number of allylic oxidation sites excluding steroid dienone is 1. The average Bonchev–Trinajstić information content (AvgIpc) is 3.03. The van der Waals surface area contributed by atoms with Gasteiger partial charge in [-0.05, 0) is 37.3 Å². The van der Waals surface area contributed by atoms with E-state index in [0.717, 1.165) is 6.08 Å². The van der Waals surface area contributed by atoms with Crippen LogP contribution in [-0.2, 0) is 4.79 Å². The minimum atomic E-state index is -3.36. The van der Waals surface area contributed by atoms with Crippen LogP contribution in [0.4, 0.5) is 20.2 Å². The number of nitrogens with zero attached hydrogens (tertiary/aromatic N) is 1. The van der Waals surface area contributed by atoms with E-state index in [1.54, 1.807) is 55.5 Å². The summed E-state index contributed by atoms with van der Waals surface area (Å²) in [5.41, 5.74) is 0.591. The first kappa shape index (κ1) is 26.5. The number of nitrogens with one attached hydrogen (secondary N) is 2. The first-order chi connectivity index (χ1) is 18.3. The highest BCUT2D eigenvalue weighted by Gasteiger charge is 2.41. The summed E-state index contributed by atoms with van der Waals surface area (Å²) in [7, 11) is 1.35. The molecule has 0 unspecified atom stereocenters. The van der Waals surface area contributed by atoms with Crippen molar-refractivity contribution >= 4 is 34.7 Å². The summed E-state index contributed by atoms with van der Waals surface area (Å²) in [5.74, 6) is -5.06. The van der Waals surface area contributed by atoms with Crippen LogP contribution in [0.5, 0.6) is 5.75 Å². The molecular weight excluding hydrogens is 492 g/mol. The Balaban J connectivity index is 1.78. The van der Waals surface area contributed by atoms with Crippen LogP contribution < -0.4 is 20.3 Å². The third kappa shape index (κ3) is 5.41. The van der Waals surface area contributed by atoms with Crippen molar-refractivity contribution in [1.29, 1.82) is 0 Å². The van der Waals surface area contributed by atoms with Gasteiger partial charge >= 0.3 is 0 Å². The van der Waals surface area contributed by atoms with Crippen LogP contribution in [0.2, 0.25) is 0 Å². The average molecular weight is 520 g/mol. The van der Waals surface area contributed by atoms with Crippen LogP contribution in [-0.4, -0.2) is 43.8 Å². The zero-order valence-electron chi connectivity index (χ0n) is 21.0. The molecule has 3 aromatic carbocycles. The van der Waals surface area contributed by atoms with Gasteiger partial charge in [0.1, 0.15) is 5.75 Å². The fraction of sp³-hybridized carbons (Fsp3) is 0.207. The summed E-state index contributed by atoms with van der Waals surface area (Å²) < 4.78 is 36.3. The number of alkyl halides is 2. The quantitative estimate of drug-likeness (QED) is 0.441. The number of para-hydroxylation sites is 3. The molecule has 1 heterocycles. The second-order valence-electron chi connectivity index (χ2n) is 8.54. The van der Waals surface area contributed by atoms with Gasteiger partial charge in [-0.2, -0.15) is 0 Å². The second kappa shape index (κ2) is 11.2. The number of carbonyl (C=O) groups excluding carboxylic acids is 3. The van der Waals surface area contributed by atoms with Crippen molar-refractivity contribution in [3.8, 4) is 5.75 Å². The summed E-state index contributed by atoms with van der Waals surface area (Å²) in [5, 5.41) is 5.11. The molecule has 0 saturated heterocycles. The maximum Gasteiger partial charge on any atom is 0.275 e. The Hall–Kier alpha value is -4.53. The molecule has 0 fully saturated rings. The number of ether oxygens (including phenoxy) is 1. The predicted octanol–water partition coefficient (Wildman–Crippen LogP) is 5.15. The minimum Gasteiger partial charge on any atom is -0.492 e.